The molecule has 1 atom stereocenters. The van der Waals surface area contributed by atoms with E-state index >= 15 is 0 Å². The maximum atomic E-state index is 10.2. The van der Waals surface area contributed by atoms with E-state index in [4.69, 9.17) is 0 Å². The van der Waals surface area contributed by atoms with E-state index in [-0.39, 0.29) is 0 Å². The molecule has 64 valence electrons. The van der Waals surface area contributed by atoms with Crippen LogP contribution in [0, 0.1) is 0 Å². The Labute approximate surface area is 86.1 Å². The van der Waals surface area contributed by atoms with Crippen molar-refractivity contribution < 1.29 is 4.79 Å². The standard InChI is InChI=1S/C10H12OTe/c1-8(12)10-4-2-9(3-5-10)6-7-11/h2-5,7-8,12H,6H2,1H3. The summed E-state index contributed by atoms with van der Waals surface area (Å²) in [5.41, 5.74) is 2.44. The van der Waals surface area contributed by atoms with Gasteiger partial charge in [0.05, 0.1) is 0 Å². The predicted molar refractivity (Wildman–Crippen MR) is 51.8 cm³/mol. The molecule has 0 aliphatic heterocycles. The van der Waals surface area contributed by atoms with E-state index < -0.39 is 0 Å². The molecule has 0 amide bonds. The van der Waals surface area contributed by atoms with Gasteiger partial charge in [0.25, 0.3) is 0 Å². The Hall–Kier alpha value is -0.320. The third-order valence-corrected chi connectivity index (χ3v) is 2.63. The third kappa shape index (κ3) is 2.62. The Balaban J connectivity index is 2.78. The summed E-state index contributed by atoms with van der Waals surface area (Å²) < 4.78 is 0.615. The number of carbonyl (C=O) groups excluding carboxylic acids is 1. The molecule has 0 bridgehead atoms. The SMILES string of the molecule is CC([TeH])c1ccc(CC=O)cc1. The molecule has 1 aromatic carbocycles. The minimum atomic E-state index is 0.530. The van der Waals surface area contributed by atoms with E-state index in [1.165, 1.54) is 5.56 Å². The van der Waals surface area contributed by atoms with E-state index in [0.29, 0.717) is 10.4 Å². The maximum absolute atomic E-state index is 10.2. The van der Waals surface area contributed by atoms with Crippen molar-refractivity contribution in [2.24, 2.45) is 0 Å². The number of benzene rings is 1. The fourth-order valence-electron chi connectivity index (χ4n) is 1.03. The molecule has 12 heavy (non-hydrogen) atoms. The summed E-state index contributed by atoms with van der Waals surface area (Å²) in [6.45, 7) is 2.18. The number of hydrogen-bond donors (Lipinski definition) is 0. The Morgan fingerprint density at radius 2 is 2.00 bits per heavy atom. The van der Waals surface area contributed by atoms with Crippen LogP contribution in [-0.4, -0.2) is 28.6 Å². The molecular formula is C10H12OTe. The molecule has 0 aliphatic rings. The number of rotatable bonds is 3. The van der Waals surface area contributed by atoms with Crippen molar-refractivity contribution in [1.82, 2.24) is 0 Å². The second-order valence-electron chi connectivity index (χ2n) is 2.79. The van der Waals surface area contributed by atoms with Gasteiger partial charge >= 0.3 is 86.1 Å². The van der Waals surface area contributed by atoms with Crippen LogP contribution in [0.3, 0.4) is 0 Å². The van der Waals surface area contributed by atoms with Gasteiger partial charge in [-0.05, 0) is 0 Å². The summed E-state index contributed by atoms with van der Waals surface area (Å²) in [5, 5.41) is 0. The van der Waals surface area contributed by atoms with Crippen LogP contribution >= 0.6 is 0 Å². The number of carbonyl (C=O) groups is 1. The minimum absolute atomic E-state index is 0.530. The first-order valence-electron chi connectivity index (χ1n) is 3.94. The molecule has 0 N–H and O–H groups in total. The second-order valence-corrected chi connectivity index (χ2v) is 5.00. The van der Waals surface area contributed by atoms with Crippen LogP contribution < -0.4 is 0 Å². The predicted octanol–water partition coefficient (Wildman–Crippen LogP) is 1.39. The zero-order chi connectivity index (χ0) is 8.97. The Morgan fingerprint density at radius 1 is 1.42 bits per heavy atom. The summed E-state index contributed by atoms with van der Waals surface area (Å²) in [6.07, 6.45) is 1.47. The quantitative estimate of drug-likeness (QED) is 0.602. The van der Waals surface area contributed by atoms with Gasteiger partial charge in [-0.3, -0.25) is 0 Å². The van der Waals surface area contributed by atoms with Crippen LogP contribution in [0.2, 0.25) is 0 Å². The van der Waals surface area contributed by atoms with E-state index in [0.717, 1.165) is 11.8 Å². The molecular weight excluding hydrogens is 264 g/mol. The number of aldehydes is 1. The van der Waals surface area contributed by atoms with Gasteiger partial charge in [0.15, 0.2) is 0 Å². The van der Waals surface area contributed by atoms with Crippen LogP contribution in [0.4, 0.5) is 0 Å². The molecule has 0 radical (unpaired) electrons. The normalized spacial score (nSPS) is 12.5. The van der Waals surface area contributed by atoms with E-state index in [2.05, 4.69) is 19.1 Å². The molecule has 0 fully saturated rings. The molecule has 0 saturated heterocycles. The molecule has 2 heteroatoms. The summed E-state index contributed by atoms with van der Waals surface area (Å²) in [6, 6.07) is 8.25. The van der Waals surface area contributed by atoms with E-state index in [1.54, 1.807) is 0 Å². The Kier molecular flexibility index (Phi) is 3.78. The van der Waals surface area contributed by atoms with Crippen molar-refractivity contribution in [2.45, 2.75) is 17.3 Å². The molecule has 0 aromatic heterocycles. The van der Waals surface area contributed by atoms with Gasteiger partial charge in [-0.15, -0.1) is 0 Å². The van der Waals surface area contributed by atoms with E-state index in [9.17, 15) is 4.79 Å². The fourth-order valence-corrected chi connectivity index (χ4v) is 1.52. The summed E-state index contributed by atoms with van der Waals surface area (Å²) in [7, 11) is 0. The topological polar surface area (TPSA) is 17.1 Å². The molecule has 1 aromatic rings. The summed E-state index contributed by atoms with van der Waals surface area (Å²) >= 11 is 1.81. The van der Waals surface area contributed by atoms with Crippen molar-refractivity contribution in [1.29, 1.82) is 0 Å². The molecule has 1 rings (SSSR count). The van der Waals surface area contributed by atoms with Gasteiger partial charge < -0.3 is 0 Å². The van der Waals surface area contributed by atoms with Gasteiger partial charge in [-0.2, -0.15) is 0 Å². The average Bonchev–Trinajstić information content (AvgIpc) is 2.06. The Bertz CT molecular complexity index is 251. The van der Waals surface area contributed by atoms with Crippen LogP contribution in [0.5, 0.6) is 0 Å². The first-order chi connectivity index (χ1) is 5.74. The van der Waals surface area contributed by atoms with Gasteiger partial charge in [-0.1, -0.05) is 0 Å². The summed E-state index contributed by atoms with van der Waals surface area (Å²) in [5.74, 6) is 0. The first-order valence-corrected chi connectivity index (χ1v) is 5.42. The van der Waals surface area contributed by atoms with Crippen molar-refractivity contribution in [2.75, 3.05) is 0 Å². The summed E-state index contributed by atoms with van der Waals surface area (Å²) in [4.78, 5) is 10.2. The second kappa shape index (κ2) is 4.64. The molecule has 1 unspecified atom stereocenters. The van der Waals surface area contributed by atoms with Crippen molar-refractivity contribution in [3.05, 3.63) is 35.4 Å². The molecule has 0 heterocycles. The van der Waals surface area contributed by atoms with Crippen molar-refractivity contribution >= 4 is 28.6 Å². The van der Waals surface area contributed by atoms with Crippen LogP contribution in [0.25, 0.3) is 0 Å². The number of hydrogen-bond acceptors (Lipinski definition) is 1. The van der Waals surface area contributed by atoms with Crippen LogP contribution in [-0.2, 0) is 11.2 Å². The zero-order valence-electron chi connectivity index (χ0n) is 7.03. The first kappa shape index (κ1) is 9.77. The van der Waals surface area contributed by atoms with Gasteiger partial charge in [0.1, 0.15) is 0 Å². The van der Waals surface area contributed by atoms with Gasteiger partial charge in [0.2, 0.25) is 0 Å². The average molecular weight is 276 g/mol. The van der Waals surface area contributed by atoms with E-state index in [1.807, 2.05) is 34.4 Å². The van der Waals surface area contributed by atoms with Crippen molar-refractivity contribution in [3.63, 3.8) is 0 Å². The van der Waals surface area contributed by atoms with Crippen LogP contribution in [0.1, 0.15) is 22.0 Å². The monoisotopic (exact) mass is 278 g/mol. The fraction of sp³-hybridized carbons (Fsp3) is 0.300. The van der Waals surface area contributed by atoms with Crippen molar-refractivity contribution in [3.8, 4) is 0 Å². The van der Waals surface area contributed by atoms with Crippen LogP contribution in [0.15, 0.2) is 24.3 Å². The molecule has 1 nitrogen and oxygen atoms in total. The third-order valence-electron chi connectivity index (χ3n) is 1.78. The molecule has 0 saturated carbocycles. The molecule has 0 aliphatic carbocycles. The zero-order valence-corrected chi connectivity index (χ0v) is 9.58. The van der Waals surface area contributed by atoms with Gasteiger partial charge in [-0.25, -0.2) is 0 Å². The molecule has 0 spiro atoms. The Morgan fingerprint density at radius 3 is 2.42 bits per heavy atom. The van der Waals surface area contributed by atoms with Gasteiger partial charge in [0, 0.05) is 0 Å².